The molecule has 34 heavy (non-hydrogen) atoms. The third-order valence-corrected chi connectivity index (χ3v) is 4.85. The van der Waals surface area contributed by atoms with Crippen molar-refractivity contribution in [1.82, 2.24) is 0 Å². The number of methoxy groups -OCH3 is 3. The molecule has 0 aromatic heterocycles. The van der Waals surface area contributed by atoms with Crippen LogP contribution in [0.5, 0.6) is 11.5 Å². The van der Waals surface area contributed by atoms with Gasteiger partial charge in [-0.15, -0.1) is 0 Å². The molecule has 0 bridgehead atoms. The van der Waals surface area contributed by atoms with Gasteiger partial charge in [0.05, 0.1) is 50.4 Å². The number of para-hydroxylation sites is 2. The first-order valence-electron chi connectivity index (χ1n) is 10.3. The quantitative estimate of drug-likeness (QED) is 0.414. The number of hydrogen-bond acceptors (Lipinski definition) is 7. The molecule has 0 radical (unpaired) electrons. The van der Waals surface area contributed by atoms with Crippen molar-refractivity contribution in [2.75, 3.05) is 43.8 Å². The van der Waals surface area contributed by atoms with Crippen LogP contribution in [0.25, 0.3) is 0 Å². The van der Waals surface area contributed by atoms with Crippen LogP contribution < -0.4 is 25.4 Å². The van der Waals surface area contributed by atoms with Crippen molar-refractivity contribution >= 4 is 34.8 Å². The molecule has 0 atom stereocenters. The van der Waals surface area contributed by atoms with Crippen molar-refractivity contribution in [2.45, 2.75) is 0 Å². The van der Waals surface area contributed by atoms with Crippen molar-refractivity contribution in [1.29, 1.82) is 0 Å². The predicted molar refractivity (Wildman–Crippen MR) is 129 cm³/mol. The monoisotopic (exact) mass is 463 g/mol. The first-order valence-corrected chi connectivity index (χ1v) is 10.3. The van der Waals surface area contributed by atoms with Gasteiger partial charge in [-0.25, -0.2) is 4.79 Å². The fourth-order valence-corrected chi connectivity index (χ4v) is 3.18. The maximum atomic E-state index is 12.7. The molecule has 9 heteroatoms. The largest absolute Gasteiger partial charge is 0.493 e. The van der Waals surface area contributed by atoms with Gasteiger partial charge in [-0.05, 0) is 24.3 Å². The molecule has 0 heterocycles. The number of nitrogens with one attached hydrogen (secondary N) is 3. The van der Waals surface area contributed by atoms with Crippen LogP contribution in [-0.4, -0.2) is 45.7 Å². The number of carbonyl (C=O) groups is 3. The number of amides is 2. The minimum Gasteiger partial charge on any atom is -0.493 e. The first kappa shape index (κ1) is 24.1. The van der Waals surface area contributed by atoms with E-state index in [4.69, 9.17) is 14.2 Å². The Balaban J connectivity index is 1.74. The molecule has 9 nitrogen and oxygen atoms in total. The zero-order valence-electron chi connectivity index (χ0n) is 19.0. The molecule has 0 unspecified atom stereocenters. The van der Waals surface area contributed by atoms with Gasteiger partial charge in [-0.1, -0.05) is 30.3 Å². The zero-order chi connectivity index (χ0) is 24.5. The lowest BCUT2D eigenvalue weighted by Gasteiger charge is -2.16. The molecular formula is C25H25N3O6. The van der Waals surface area contributed by atoms with Crippen molar-refractivity contribution in [2.24, 2.45) is 0 Å². The Bertz CT molecular complexity index is 1180. The van der Waals surface area contributed by atoms with Crippen molar-refractivity contribution in [3.63, 3.8) is 0 Å². The SMILES string of the molecule is COC(=O)c1cc(OC)c(OC)cc1NCC(=O)Nc1ccccc1C(=O)Nc1ccccc1. The van der Waals surface area contributed by atoms with E-state index in [0.717, 1.165) is 0 Å². The molecule has 3 aromatic rings. The maximum Gasteiger partial charge on any atom is 0.340 e. The molecule has 0 saturated carbocycles. The normalized spacial score (nSPS) is 10.1. The minimum atomic E-state index is -0.605. The second-order valence-electron chi connectivity index (χ2n) is 7.01. The van der Waals surface area contributed by atoms with E-state index in [2.05, 4.69) is 16.0 Å². The van der Waals surface area contributed by atoms with Gasteiger partial charge in [-0.2, -0.15) is 0 Å². The lowest BCUT2D eigenvalue weighted by molar-refractivity contribution is -0.114. The predicted octanol–water partition coefficient (Wildman–Crippen LogP) is 3.79. The van der Waals surface area contributed by atoms with Gasteiger partial charge in [0, 0.05) is 17.8 Å². The van der Waals surface area contributed by atoms with E-state index in [1.807, 2.05) is 18.2 Å². The van der Waals surface area contributed by atoms with Gasteiger partial charge in [0.2, 0.25) is 5.91 Å². The summed E-state index contributed by atoms with van der Waals surface area (Å²) in [5.74, 6) is -0.669. The van der Waals surface area contributed by atoms with Gasteiger partial charge in [0.15, 0.2) is 11.5 Å². The number of esters is 1. The summed E-state index contributed by atoms with van der Waals surface area (Å²) in [4.78, 5) is 37.6. The van der Waals surface area contributed by atoms with Crippen molar-refractivity contribution < 1.29 is 28.6 Å². The number of rotatable bonds is 9. The van der Waals surface area contributed by atoms with Crippen LogP contribution in [-0.2, 0) is 9.53 Å². The van der Waals surface area contributed by atoms with E-state index in [1.165, 1.54) is 27.4 Å². The lowest BCUT2D eigenvalue weighted by atomic mass is 10.1. The topological polar surface area (TPSA) is 115 Å². The number of carbonyl (C=O) groups excluding carboxylic acids is 3. The van der Waals surface area contributed by atoms with E-state index in [1.54, 1.807) is 42.5 Å². The van der Waals surface area contributed by atoms with Crippen LogP contribution >= 0.6 is 0 Å². The zero-order valence-corrected chi connectivity index (χ0v) is 19.0. The van der Waals surface area contributed by atoms with E-state index in [9.17, 15) is 14.4 Å². The molecular weight excluding hydrogens is 438 g/mol. The molecule has 3 N–H and O–H groups in total. The van der Waals surface area contributed by atoms with Gasteiger partial charge in [0.25, 0.3) is 5.91 Å². The summed E-state index contributed by atoms with van der Waals surface area (Å²) < 4.78 is 15.3. The van der Waals surface area contributed by atoms with Gasteiger partial charge < -0.3 is 30.2 Å². The summed E-state index contributed by atoms with van der Waals surface area (Å²) in [6.45, 7) is -0.186. The molecule has 0 fully saturated rings. The Hall–Kier alpha value is -4.53. The average molecular weight is 463 g/mol. The molecule has 0 aliphatic carbocycles. The molecule has 0 aliphatic heterocycles. The van der Waals surface area contributed by atoms with E-state index in [-0.39, 0.29) is 18.0 Å². The standard InChI is InChI=1S/C25H25N3O6/c1-32-21-13-18(25(31)34-3)20(14-22(21)33-2)26-15-23(29)28-19-12-8-7-11-17(19)24(30)27-16-9-5-4-6-10-16/h4-14,26H,15H2,1-3H3,(H,27,30)(H,28,29). The fourth-order valence-electron chi connectivity index (χ4n) is 3.18. The summed E-state index contributed by atoms with van der Waals surface area (Å²) >= 11 is 0. The second kappa shape index (κ2) is 11.4. The molecule has 3 aromatic carbocycles. The molecule has 176 valence electrons. The van der Waals surface area contributed by atoms with Crippen LogP contribution in [0, 0.1) is 0 Å². The molecule has 0 saturated heterocycles. The molecule has 3 rings (SSSR count). The van der Waals surface area contributed by atoms with Crippen LogP contribution in [0.2, 0.25) is 0 Å². The van der Waals surface area contributed by atoms with Gasteiger partial charge in [0.1, 0.15) is 0 Å². The summed E-state index contributed by atoms with van der Waals surface area (Å²) in [6.07, 6.45) is 0. The van der Waals surface area contributed by atoms with E-state index in [0.29, 0.717) is 34.1 Å². The van der Waals surface area contributed by atoms with Gasteiger partial charge >= 0.3 is 5.97 Å². The van der Waals surface area contributed by atoms with Crippen LogP contribution in [0.4, 0.5) is 17.1 Å². The Morgan fingerprint density at radius 2 is 1.38 bits per heavy atom. The summed E-state index contributed by atoms with van der Waals surface area (Å²) in [5, 5.41) is 8.44. The second-order valence-corrected chi connectivity index (χ2v) is 7.01. The molecule has 0 spiro atoms. The average Bonchev–Trinajstić information content (AvgIpc) is 2.87. The van der Waals surface area contributed by atoms with Crippen LogP contribution in [0.3, 0.4) is 0 Å². The summed E-state index contributed by atoms with van der Waals surface area (Å²) in [5.41, 5.74) is 1.80. The van der Waals surface area contributed by atoms with E-state index < -0.39 is 11.9 Å². The fraction of sp³-hybridized carbons (Fsp3) is 0.160. The highest BCUT2D eigenvalue weighted by atomic mass is 16.5. The Kier molecular flexibility index (Phi) is 8.07. The molecule has 2 amide bonds. The van der Waals surface area contributed by atoms with Crippen LogP contribution in [0.15, 0.2) is 66.7 Å². The number of ether oxygens (including phenoxy) is 3. The summed E-state index contributed by atoms with van der Waals surface area (Å²) in [6, 6.07) is 18.7. The Labute approximate surface area is 197 Å². The molecule has 0 aliphatic rings. The highest BCUT2D eigenvalue weighted by Crippen LogP contribution is 2.33. The van der Waals surface area contributed by atoms with Crippen molar-refractivity contribution in [3.8, 4) is 11.5 Å². The third-order valence-electron chi connectivity index (χ3n) is 4.85. The highest BCUT2D eigenvalue weighted by molar-refractivity contribution is 6.10. The third kappa shape index (κ3) is 5.83. The number of hydrogen-bond donors (Lipinski definition) is 3. The number of anilines is 3. The van der Waals surface area contributed by atoms with Gasteiger partial charge in [-0.3, -0.25) is 9.59 Å². The Morgan fingerprint density at radius 1 is 0.735 bits per heavy atom. The highest BCUT2D eigenvalue weighted by Gasteiger charge is 2.19. The van der Waals surface area contributed by atoms with Crippen molar-refractivity contribution in [3.05, 3.63) is 77.9 Å². The minimum absolute atomic E-state index is 0.176. The van der Waals surface area contributed by atoms with E-state index >= 15 is 0 Å². The summed E-state index contributed by atoms with van der Waals surface area (Å²) in [7, 11) is 4.17. The Morgan fingerprint density at radius 3 is 2.06 bits per heavy atom. The van der Waals surface area contributed by atoms with Crippen LogP contribution in [0.1, 0.15) is 20.7 Å². The smallest absolute Gasteiger partial charge is 0.340 e. The number of benzene rings is 3. The lowest BCUT2D eigenvalue weighted by Crippen LogP contribution is -2.24. The first-order chi connectivity index (χ1) is 16.5. The maximum absolute atomic E-state index is 12.7.